The number of nitrogens with one attached hydrogen (secondary N) is 1. The molecule has 0 unspecified atom stereocenters. The van der Waals surface area contributed by atoms with Gasteiger partial charge in [0, 0.05) is 18.8 Å². The van der Waals surface area contributed by atoms with Gasteiger partial charge in [-0.05, 0) is 63.2 Å². The summed E-state index contributed by atoms with van der Waals surface area (Å²) >= 11 is 0. The summed E-state index contributed by atoms with van der Waals surface area (Å²) in [7, 11) is 0. The zero-order valence-electron chi connectivity index (χ0n) is 13.4. The molecule has 2 nitrogen and oxygen atoms in total. The molecule has 0 spiro atoms. The van der Waals surface area contributed by atoms with Crippen LogP contribution in [0.1, 0.15) is 45.1 Å². The highest BCUT2D eigenvalue weighted by atomic mass is 15.1. The van der Waals surface area contributed by atoms with Crippen LogP contribution in [0.25, 0.3) is 0 Å². The number of nitrogens with zero attached hydrogens (tertiary/aromatic N) is 1. The van der Waals surface area contributed by atoms with Gasteiger partial charge in [-0.1, -0.05) is 31.5 Å². The van der Waals surface area contributed by atoms with Gasteiger partial charge < -0.3 is 10.2 Å². The molecule has 2 heteroatoms. The molecule has 1 aromatic rings. The molecule has 1 saturated heterocycles. The average molecular weight is 274 g/mol. The standard InChI is InChI=1S/C18H30N2/c1-4-10-18(11-13-19-14-12-18)15-20(5-2)17-9-7-6-8-16(17)3/h6-9,19H,4-5,10-15H2,1-3H3. The van der Waals surface area contributed by atoms with Crippen LogP contribution in [0.15, 0.2) is 24.3 Å². The van der Waals surface area contributed by atoms with E-state index in [9.17, 15) is 0 Å². The maximum absolute atomic E-state index is 3.52. The molecule has 1 aromatic carbocycles. The second kappa shape index (κ2) is 7.12. The normalized spacial score (nSPS) is 17.9. The van der Waals surface area contributed by atoms with E-state index in [0.717, 1.165) is 6.54 Å². The van der Waals surface area contributed by atoms with Gasteiger partial charge in [0.25, 0.3) is 0 Å². The Hall–Kier alpha value is -1.02. The second-order valence-electron chi connectivity index (χ2n) is 6.30. The lowest BCUT2D eigenvalue weighted by atomic mass is 9.75. The minimum atomic E-state index is 0.512. The number of hydrogen-bond donors (Lipinski definition) is 1. The molecule has 1 aliphatic heterocycles. The number of rotatable bonds is 6. The number of anilines is 1. The van der Waals surface area contributed by atoms with Crippen molar-refractivity contribution in [2.45, 2.75) is 46.5 Å². The predicted molar refractivity (Wildman–Crippen MR) is 88.5 cm³/mol. The van der Waals surface area contributed by atoms with Crippen LogP contribution in [0.5, 0.6) is 0 Å². The van der Waals surface area contributed by atoms with Crippen LogP contribution in [0.4, 0.5) is 5.69 Å². The Morgan fingerprint density at radius 2 is 1.85 bits per heavy atom. The highest BCUT2D eigenvalue weighted by Crippen LogP contribution is 2.36. The fraction of sp³-hybridized carbons (Fsp3) is 0.667. The van der Waals surface area contributed by atoms with Crippen LogP contribution in [0.2, 0.25) is 0 Å². The zero-order valence-corrected chi connectivity index (χ0v) is 13.4. The molecule has 1 N–H and O–H groups in total. The largest absolute Gasteiger partial charge is 0.371 e. The van der Waals surface area contributed by atoms with Gasteiger partial charge in [0.05, 0.1) is 0 Å². The van der Waals surface area contributed by atoms with Gasteiger partial charge in [0.2, 0.25) is 0 Å². The summed E-state index contributed by atoms with van der Waals surface area (Å²) < 4.78 is 0. The summed E-state index contributed by atoms with van der Waals surface area (Å²) in [6.07, 6.45) is 5.30. The molecule has 112 valence electrons. The first-order valence-corrected chi connectivity index (χ1v) is 8.22. The number of piperidine rings is 1. The monoisotopic (exact) mass is 274 g/mol. The molecule has 0 saturated carbocycles. The Morgan fingerprint density at radius 1 is 1.15 bits per heavy atom. The molecule has 2 rings (SSSR count). The van der Waals surface area contributed by atoms with Crippen LogP contribution in [0, 0.1) is 12.3 Å². The Bertz CT molecular complexity index is 402. The Balaban J connectivity index is 2.16. The molecule has 0 atom stereocenters. The fourth-order valence-electron chi connectivity index (χ4n) is 3.67. The maximum atomic E-state index is 3.52. The Kier molecular flexibility index (Phi) is 5.47. The van der Waals surface area contributed by atoms with Crippen molar-refractivity contribution in [3.05, 3.63) is 29.8 Å². The molecule has 0 amide bonds. The van der Waals surface area contributed by atoms with Crippen molar-refractivity contribution in [2.24, 2.45) is 5.41 Å². The maximum Gasteiger partial charge on any atom is 0.0395 e. The van der Waals surface area contributed by atoms with Crippen LogP contribution < -0.4 is 10.2 Å². The van der Waals surface area contributed by atoms with E-state index in [1.54, 1.807) is 0 Å². The minimum absolute atomic E-state index is 0.512. The van der Waals surface area contributed by atoms with Gasteiger partial charge in [-0.25, -0.2) is 0 Å². The third-order valence-corrected chi connectivity index (χ3v) is 4.81. The van der Waals surface area contributed by atoms with E-state index in [2.05, 4.69) is 55.3 Å². The van der Waals surface area contributed by atoms with Gasteiger partial charge in [-0.15, -0.1) is 0 Å². The molecule has 0 aromatic heterocycles. The first kappa shape index (κ1) is 15.4. The minimum Gasteiger partial charge on any atom is -0.371 e. The summed E-state index contributed by atoms with van der Waals surface area (Å²) in [4.78, 5) is 2.59. The average Bonchev–Trinajstić information content (AvgIpc) is 2.47. The van der Waals surface area contributed by atoms with E-state index in [1.165, 1.54) is 56.6 Å². The third-order valence-electron chi connectivity index (χ3n) is 4.81. The Labute approximate surface area is 124 Å². The van der Waals surface area contributed by atoms with Gasteiger partial charge in [-0.3, -0.25) is 0 Å². The number of para-hydroxylation sites is 1. The van der Waals surface area contributed by atoms with E-state index in [1.807, 2.05) is 0 Å². The molecule has 0 bridgehead atoms. The lowest BCUT2D eigenvalue weighted by Gasteiger charge is -2.42. The third kappa shape index (κ3) is 3.54. The number of hydrogen-bond acceptors (Lipinski definition) is 2. The SMILES string of the molecule is CCCC1(CN(CC)c2ccccc2C)CCNCC1. The van der Waals surface area contributed by atoms with E-state index in [-0.39, 0.29) is 0 Å². The summed E-state index contributed by atoms with van der Waals surface area (Å²) in [6.45, 7) is 11.5. The number of aryl methyl sites for hydroxylation is 1. The molecule has 0 aliphatic carbocycles. The number of benzene rings is 1. The van der Waals surface area contributed by atoms with Crippen molar-refractivity contribution >= 4 is 5.69 Å². The smallest absolute Gasteiger partial charge is 0.0395 e. The van der Waals surface area contributed by atoms with Gasteiger partial charge in [0.15, 0.2) is 0 Å². The van der Waals surface area contributed by atoms with Crippen LogP contribution in [-0.4, -0.2) is 26.2 Å². The van der Waals surface area contributed by atoms with E-state index in [0.29, 0.717) is 5.41 Å². The van der Waals surface area contributed by atoms with Crippen molar-refractivity contribution in [3.8, 4) is 0 Å². The van der Waals surface area contributed by atoms with Crippen molar-refractivity contribution in [3.63, 3.8) is 0 Å². The van der Waals surface area contributed by atoms with Crippen molar-refractivity contribution < 1.29 is 0 Å². The van der Waals surface area contributed by atoms with Crippen molar-refractivity contribution in [2.75, 3.05) is 31.1 Å². The van der Waals surface area contributed by atoms with Gasteiger partial charge in [-0.2, -0.15) is 0 Å². The van der Waals surface area contributed by atoms with E-state index in [4.69, 9.17) is 0 Å². The van der Waals surface area contributed by atoms with Gasteiger partial charge in [0.1, 0.15) is 0 Å². The highest BCUT2D eigenvalue weighted by Gasteiger charge is 2.33. The van der Waals surface area contributed by atoms with Crippen LogP contribution in [0.3, 0.4) is 0 Å². The topological polar surface area (TPSA) is 15.3 Å². The molecule has 20 heavy (non-hydrogen) atoms. The zero-order chi connectivity index (χ0) is 14.4. The first-order valence-electron chi connectivity index (χ1n) is 8.22. The van der Waals surface area contributed by atoms with E-state index < -0.39 is 0 Å². The van der Waals surface area contributed by atoms with Crippen LogP contribution in [-0.2, 0) is 0 Å². The van der Waals surface area contributed by atoms with Gasteiger partial charge >= 0.3 is 0 Å². The predicted octanol–water partition coefficient (Wildman–Crippen LogP) is 3.99. The second-order valence-corrected chi connectivity index (χ2v) is 6.30. The summed E-state index contributed by atoms with van der Waals surface area (Å²) in [5.74, 6) is 0. The molecule has 1 aliphatic rings. The molecule has 1 fully saturated rings. The van der Waals surface area contributed by atoms with Crippen LogP contribution >= 0.6 is 0 Å². The lowest BCUT2D eigenvalue weighted by molar-refractivity contribution is 0.188. The fourth-order valence-corrected chi connectivity index (χ4v) is 3.67. The van der Waals surface area contributed by atoms with Crippen molar-refractivity contribution in [1.29, 1.82) is 0 Å². The summed E-state index contributed by atoms with van der Waals surface area (Å²) in [6, 6.07) is 8.81. The van der Waals surface area contributed by atoms with E-state index >= 15 is 0 Å². The first-order chi connectivity index (χ1) is 9.71. The summed E-state index contributed by atoms with van der Waals surface area (Å²) in [5.41, 5.74) is 3.33. The molecule has 1 heterocycles. The quantitative estimate of drug-likeness (QED) is 0.843. The summed E-state index contributed by atoms with van der Waals surface area (Å²) in [5, 5.41) is 3.52. The highest BCUT2D eigenvalue weighted by molar-refractivity contribution is 5.53. The molecular formula is C18H30N2. The van der Waals surface area contributed by atoms with Crippen molar-refractivity contribution in [1.82, 2.24) is 5.32 Å². The molecular weight excluding hydrogens is 244 g/mol. The molecule has 0 radical (unpaired) electrons. The lowest BCUT2D eigenvalue weighted by Crippen LogP contribution is -2.45. The Morgan fingerprint density at radius 3 is 2.45 bits per heavy atom.